The molecule has 0 amide bonds. The highest BCUT2D eigenvalue weighted by atomic mass is 32.2. The molecule has 0 fully saturated rings. The summed E-state index contributed by atoms with van der Waals surface area (Å²) in [6.07, 6.45) is 0. The maximum atomic E-state index is 12.2. The second-order valence-electron chi connectivity index (χ2n) is 4.28. The van der Waals surface area contributed by atoms with Crippen LogP contribution < -0.4 is 5.32 Å². The van der Waals surface area contributed by atoms with Crippen LogP contribution >= 0.6 is 11.8 Å². The van der Waals surface area contributed by atoms with Crippen LogP contribution in [0.4, 0.5) is 10.2 Å². The molecule has 0 saturated heterocycles. The molecule has 1 heterocycles. The first-order valence-electron chi connectivity index (χ1n) is 6.23. The van der Waals surface area contributed by atoms with Gasteiger partial charge in [0.1, 0.15) is 6.01 Å². The molecule has 0 aliphatic heterocycles. The first-order chi connectivity index (χ1) is 9.86. The van der Waals surface area contributed by atoms with Crippen LogP contribution in [0.15, 0.2) is 57.9 Å². The molecule has 0 saturated carbocycles. The summed E-state index contributed by atoms with van der Waals surface area (Å²) in [6, 6.07) is 15.1. The molecule has 20 heavy (non-hydrogen) atoms. The Labute approximate surface area is 120 Å². The predicted octanol–water partition coefficient (Wildman–Crippen LogP) is 4.46. The fourth-order valence-electron chi connectivity index (χ4n) is 1.97. The van der Waals surface area contributed by atoms with Gasteiger partial charge in [0.15, 0.2) is 11.4 Å². The number of thioether (sulfide) groups is 1. The van der Waals surface area contributed by atoms with E-state index in [1.165, 1.54) is 11.8 Å². The molecule has 5 heteroatoms. The predicted molar refractivity (Wildman–Crippen MR) is 79.6 cm³/mol. The monoisotopic (exact) mass is 288 g/mol. The average molecular weight is 288 g/mol. The van der Waals surface area contributed by atoms with Crippen LogP contribution in [0.2, 0.25) is 0 Å². The molecule has 3 aromatic rings. The summed E-state index contributed by atoms with van der Waals surface area (Å²) in [5, 5.41) is 8.24. The van der Waals surface area contributed by atoms with Crippen molar-refractivity contribution in [3.05, 3.63) is 54.1 Å². The summed E-state index contributed by atoms with van der Waals surface area (Å²) in [5.41, 5.74) is 1.88. The molecule has 0 atom stereocenters. The Morgan fingerprint density at radius 2 is 1.90 bits per heavy atom. The van der Waals surface area contributed by atoms with Crippen molar-refractivity contribution in [3.8, 4) is 0 Å². The third-order valence-electron chi connectivity index (χ3n) is 2.98. The van der Waals surface area contributed by atoms with Gasteiger partial charge in [-0.05, 0) is 29.8 Å². The molecule has 2 aromatic carbocycles. The van der Waals surface area contributed by atoms with E-state index in [1.807, 2.05) is 48.5 Å². The number of aromatic nitrogens is 1. The Morgan fingerprint density at radius 3 is 2.70 bits per heavy atom. The van der Waals surface area contributed by atoms with Crippen molar-refractivity contribution in [2.45, 2.75) is 11.4 Å². The molecule has 1 N–H and O–H groups in total. The van der Waals surface area contributed by atoms with Gasteiger partial charge in [-0.25, -0.2) is 4.39 Å². The SMILES string of the molecule is FCSc1ccc(CNc2noc3ccccc23)cc1. The highest BCUT2D eigenvalue weighted by Gasteiger charge is 2.06. The third kappa shape index (κ3) is 2.77. The Kier molecular flexibility index (Phi) is 3.87. The zero-order valence-corrected chi connectivity index (χ0v) is 11.5. The molecule has 3 nitrogen and oxygen atoms in total. The summed E-state index contributed by atoms with van der Waals surface area (Å²) in [7, 11) is 0. The molecule has 0 aliphatic carbocycles. The van der Waals surface area contributed by atoms with Gasteiger partial charge in [-0.15, -0.1) is 0 Å². The maximum Gasteiger partial charge on any atom is 0.177 e. The number of rotatable bonds is 5. The highest BCUT2D eigenvalue weighted by molar-refractivity contribution is 7.99. The van der Waals surface area contributed by atoms with E-state index >= 15 is 0 Å². The van der Waals surface area contributed by atoms with Crippen molar-refractivity contribution in [1.82, 2.24) is 5.16 Å². The lowest BCUT2D eigenvalue weighted by Gasteiger charge is -2.04. The standard InChI is InChI=1S/C15H13FN2OS/c16-10-20-12-7-5-11(6-8-12)9-17-15-13-3-1-2-4-14(13)19-18-15/h1-8H,9-10H2,(H,17,18). The number of fused-ring (bicyclic) bond motifs is 1. The lowest BCUT2D eigenvalue weighted by atomic mass is 10.2. The maximum absolute atomic E-state index is 12.2. The molecule has 102 valence electrons. The highest BCUT2D eigenvalue weighted by Crippen LogP contribution is 2.23. The summed E-state index contributed by atoms with van der Waals surface area (Å²) < 4.78 is 17.4. The number of anilines is 1. The molecule has 0 unspecified atom stereocenters. The van der Waals surface area contributed by atoms with Crippen molar-refractivity contribution < 1.29 is 8.91 Å². The number of alkyl halides is 1. The van der Waals surface area contributed by atoms with Crippen molar-refractivity contribution in [3.63, 3.8) is 0 Å². The minimum absolute atomic E-state index is 0.400. The Balaban J connectivity index is 1.69. The van der Waals surface area contributed by atoms with Gasteiger partial charge in [-0.3, -0.25) is 0 Å². The zero-order valence-electron chi connectivity index (χ0n) is 10.7. The fraction of sp³-hybridized carbons (Fsp3) is 0.133. The molecule has 0 bridgehead atoms. The summed E-state index contributed by atoms with van der Waals surface area (Å²) in [5.74, 6) is 0.739. The van der Waals surface area contributed by atoms with Gasteiger partial charge in [-0.1, -0.05) is 41.2 Å². The molecule has 0 radical (unpaired) electrons. The van der Waals surface area contributed by atoms with Gasteiger partial charge in [-0.2, -0.15) is 0 Å². The lowest BCUT2D eigenvalue weighted by Crippen LogP contribution is -1.99. The van der Waals surface area contributed by atoms with Gasteiger partial charge in [0.25, 0.3) is 0 Å². The minimum atomic E-state index is -0.400. The van der Waals surface area contributed by atoms with Crippen molar-refractivity contribution in [2.24, 2.45) is 0 Å². The molecular weight excluding hydrogens is 275 g/mol. The van der Waals surface area contributed by atoms with E-state index < -0.39 is 6.01 Å². The number of hydrogen-bond acceptors (Lipinski definition) is 4. The van der Waals surface area contributed by atoms with Crippen molar-refractivity contribution in [1.29, 1.82) is 0 Å². The first kappa shape index (κ1) is 13.0. The molecule has 1 aromatic heterocycles. The first-order valence-corrected chi connectivity index (χ1v) is 7.21. The van der Waals surface area contributed by atoms with E-state index in [0.717, 1.165) is 27.2 Å². The normalized spacial score (nSPS) is 10.8. The van der Waals surface area contributed by atoms with Crippen LogP contribution in [0.25, 0.3) is 11.0 Å². The zero-order chi connectivity index (χ0) is 13.8. The van der Waals surface area contributed by atoms with Crippen LogP contribution in [-0.2, 0) is 6.54 Å². The second-order valence-corrected chi connectivity index (χ2v) is 5.26. The van der Waals surface area contributed by atoms with Gasteiger partial charge in [0.2, 0.25) is 0 Å². The van der Waals surface area contributed by atoms with Gasteiger partial charge in [0, 0.05) is 11.4 Å². The van der Waals surface area contributed by atoms with Gasteiger partial charge in [0.05, 0.1) is 5.39 Å². The quantitative estimate of drug-likeness (QED) is 0.703. The second kappa shape index (κ2) is 5.96. The minimum Gasteiger partial charge on any atom is -0.363 e. The van der Waals surface area contributed by atoms with E-state index in [9.17, 15) is 4.39 Å². The largest absolute Gasteiger partial charge is 0.363 e. The molecule has 0 spiro atoms. The smallest absolute Gasteiger partial charge is 0.177 e. The number of nitrogens with zero attached hydrogens (tertiary/aromatic N) is 1. The molecule has 3 rings (SSSR count). The summed E-state index contributed by atoms with van der Waals surface area (Å²) in [4.78, 5) is 0.933. The van der Waals surface area contributed by atoms with E-state index in [0.29, 0.717) is 6.54 Å². The number of hydrogen-bond donors (Lipinski definition) is 1. The number of halogens is 1. The van der Waals surface area contributed by atoms with Crippen LogP contribution in [0, 0.1) is 0 Å². The summed E-state index contributed by atoms with van der Waals surface area (Å²) >= 11 is 1.19. The molecular formula is C15H13FN2OS. The van der Waals surface area contributed by atoms with E-state index in [2.05, 4.69) is 10.5 Å². The Morgan fingerprint density at radius 1 is 1.10 bits per heavy atom. The van der Waals surface area contributed by atoms with Crippen molar-refractivity contribution >= 4 is 28.5 Å². The van der Waals surface area contributed by atoms with Crippen molar-refractivity contribution in [2.75, 3.05) is 11.3 Å². The number of para-hydroxylation sites is 1. The Hall–Kier alpha value is -2.01. The molecule has 0 aliphatic rings. The Bertz CT molecular complexity index is 696. The topological polar surface area (TPSA) is 38.1 Å². The fourth-order valence-corrected chi connectivity index (χ4v) is 2.42. The van der Waals surface area contributed by atoms with Crippen LogP contribution in [0.1, 0.15) is 5.56 Å². The van der Waals surface area contributed by atoms with E-state index in [-0.39, 0.29) is 0 Å². The average Bonchev–Trinajstić information content (AvgIpc) is 2.90. The van der Waals surface area contributed by atoms with E-state index in [4.69, 9.17) is 4.52 Å². The lowest BCUT2D eigenvalue weighted by molar-refractivity contribution is 0.459. The van der Waals surface area contributed by atoms with Crippen LogP contribution in [0.3, 0.4) is 0 Å². The number of nitrogens with one attached hydrogen (secondary N) is 1. The number of benzene rings is 2. The van der Waals surface area contributed by atoms with Gasteiger partial charge < -0.3 is 9.84 Å². The van der Waals surface area contributed by atoms with Crippen LogP contribution in [0.5, 0.6) is 0 Å². The summed E-state index contributed by atoms with van der Waals surface area (Å²) in [6.45, 7) is 0.650. The van der Waals surface area contributed by atoms with Gasteiger partial charge >= 0.3 is 0 Å². The van der Waals surface area contributed by atoms with E-state index in [1.54, 1.807) is 0 Å². The third-order valence-corrected chi connectivity index (χ3v) is 3.70. The van der Waals surface area contributed by atoms with Crippen LogP contribution in [-0.4, -0.2) is 11.2 Å².